The molecule has 0 aromatic carbocycles. The molecule has 2 heterocycles. The molecule has 2 rings (SSSR count). The molecule has 0 fully saturated rings. The van der Waals surface area contributed by atoms with Gasteiger partial charge in [-0.25, -0.2) is 0 Å². The van der Waals surface area contributed by atoms with E-state index in [1.165, 1.54) is 0 Å². The molecule has 0 atom stereocenters. The van der Waals surface area contributed by atoms with Crippen molar-refractivity contribution in [2.45, 2.75) is 20.0 Å². The number of nitrogens with one attached hydrogen (secondary N) is 1. The average molecular weight is 270 g/mol. The van der Waals surface area contributed by atoms with Crippen LogP contribution in [0.2, 0.25) is 0 Å². The zero-order valence-corrected chi connectivity index (χ0v) is 9.99. The Bertz CT molecular complexity index is 435. The molecular weight excluding hydrogens is 258 g/mol. The average Bonchev–Trinajstić information content (AvgIpc) is 2.83. The lowest BCUT2D eigenvalue weighted by atomic mass is 10.4. The van der Waals surface area contributed by atoms with Crippen molar-refractivity contribution in [2.24, 2.45) is 0 Å². The molecule has 0 saturated carbocycles. The van der Waals surface area contributed by atoms with Gasteiger partial charge in [-0.15, -0.1) is 0 Å². The van der Waals surface area contributed by atoms with Gasteiger partial charge in [-0.1, -0.05) is 0 Å². The highest BCUT2D eigenvalue weighted by Gasteiger charge is 2.00. The summed E-state index contributed by atoms with van der Waals surface area (Å²) in [4.78, 5) is 0. The molecule has 0 aliphatic heterocycles. The normalized spacial score (nSPS) is 10.5. The molecule has 2 aromatic heterocycles. The van der Waals surface area contributed by atoms with E-state index < -0.39 is 0 Å². The third kappa shape index (κ3) is 2.62. The van der Waals surface area contributed by atoms with Gasteiger partial charge in [0, 0.05) is 12.7 Å². The van der Waals surface area contributed by atoms with Crippen LogP contribution in [0.4, 0.5) is 5.69 Å². The van der Waals surface area contributed by atoms with E-state index in [0.717, 1.165) is 22.7 Å². The highest BCUT2D eigenvalue weighted by atomic mass is 79.9. The van der Waals surface area contributed by atoms with Crippen LogP contribution in [0.25, 0.3) is 0 Å². The van der Waals surface area contributed by atoms with Crippen LogP contribution in [0, 0.1) is 0 Å². The molecule has 0 radical (unpaired) electrons. The predicted molar refractivity (Wildman–Crippen MR) is 61.6 cm³/mol. The van der Waals surface area contributed by atoms with Crippen LogP contribution >= 0.6 is 15.9 Å². The largest absolute Gasteiger partial charge is 0.452 e. The summed E-state index contributed by atoms with van der Waals surface area (Å²) in [7, 11) is 0. The SMILES string of the molecule is CCn1cc(NCc2ccc(Br)o2)cn1. The molecule has 5 heteroatoms. The molecular formula is C10H12BrN3O. The van der Waals surface area contributed by atoms with Crippen LogP contribution in [0.3, 0.4) is 0 Å². The monoisotopic (exact) mass is 269 g/mol. The fraction of sp³-hybridized carbons (Fsp3) is 0.300. The van der Waals surface area contributed by atoms with Crippen LogP contribution in [-0.2, 0) is 13.1 Å². The molecule has 15 heavy (non-hydrogen) atoms. The first-order valence-corrected chi connectivity index (χ1v) is 5.58. The first kappa shape index (κ1) is 10.3. The standard InChI is InChI=1S/C10H12BrN3O/c1-2-14-7-8(5-13-14)12-6-9-3-4-10(11)15-9/h3-5,7,12H,2,6H2,1H3. The van der Waals surface area contributed by atoms with Crippen LogP contribution < -0.4 is 5.32 Å². The molecule has 2 aromatic rings. The maximum Gasteiger partial charge on any atom is 0.169 e. The van der Waals surface area contributed by atoms with E-state index in [1.807, 2.05) is 29.2 Å². The molecule has 0 amide bonds. The first-order valence-electron chi connectivity index (χ1n) is 4.78. The topological polar surface area (TPSA) is 43.0 Å². The Hall–Kier alpha value is -1.23. The number of aromatic nitrogens is 2. The Kier molecular flexibility index (Phi) is 3.11. The molecule has 0 saturated heterocycles. The van der Waals surface area contributed by atoms with Crippen molar-refractivity contribution in [3.05, 3.63) is 35.0 Å². The van der Waals surface area contributed by atoms with Gasteiger partial charge >= 0.3 is 0 Å². The maximum absolute atomic E-state index is 5.37. The fourth-order valence-electron chi connectivity index (χ4n) is 1.26. The molecule has 0 aliphatic rings. The lowest BCUT2D eigenvalue weighted by Gasteiger charge is -1.99. The van der Waals surface area contributed by atoms with Gasteiger partial charge in [0.15, 0.2) is 4.67 Å². The van der Waals surface area contributed by atoms with Crippen LogP contribution in [0.5, 0.6) is 0 Å². The number of halogens is 1. The number of hydrogen-bond donors (Lipinski definition) is 1. The summed E-state index contributed by atoms with van der Waals surface area (Å²) < 4.78 is 7.99. The van der Waals surface area contributed by atoms with E-state index in [9.17, 15) is 0 Å². The minimum absolute atomic E-state index is 0.668. The Balaban J connectivity index is 1.93. The summed E-state index contributed by atoms with van der Waals surface area (Å²) >= 11 is 3.26. The summed E-state index contributed by atoms with van der Waals surface area (Å²) in [5.41, 5.74) is 1.00. The lowest BCUT2D eigenvalue weighted by Crippen LogP contribution is -1.97. The molecule has 0 aliphatic carbocycles. The first-order chi connectivity index (χ1) is 7.28. The van der Waals surface area contributed by atoms with Crippen molar-refractivity contribution in [3.63, 3.8) is 0 Å². The fourth-order valence-corrected chi connectivity index (χ4v) is 1.60. The summed E-state index contributed by atoms with van der Waals surface area (Å²) in [6, 6.07) is 3.81. The number of nitrogens with zero attached hydrogens (tertiary/aromatic N) is 2. The van der Waals surface area contributed by atoms with Gasteiger partial charge in [0.2, 0.25) is 0 Å². The van der Waals surface area contributed by atoms with Gasteiger partial charge in [0.1, 0.15) is 5.76 Å². The second-order valence-electron chi connectivity index (χ2n) is 3.14. The summed E-state index contributed by atoms with van der Waals surface area (Å²) in [6.07, 6.45) is 3.78. The minimum atomic E-state index is 0.668. The van der Waals surface area contributed by atoms with E-state index in [4.69, 9.17) is 4.42 Å². The van der Waals surface area contributed by atoms with E-state index in [1.54, 1.807) is 0 Å². The quantitative estimate of drug-likeness (QED) is 0.928. The Labute approximate surface area is 96.4 Å². The number of aryl methyl sites for hydroxylation is 1. The number of furan rings is 1. The highest BCUT2D eigenvalue weighted by Crippen LogP contribution is 2.15. The Morgan fingerprint density at radius 1 is 1.53 bits per heavy atom. The highest BCUT2D eigenvalue weighted by molar-refractivity contribution is 9.10. The smallest absolute Gasteiger partial charge is 0.169 e. The third-order valence-electron chi connectivity index (χ3n) is 2.05. The molecule has 4 nitrogen and oxygen atoms in total. The summed E-state index contributed by atoms with van der Waals surface area (Å²) in [5.74, 6) is 0.895. The summed E-state index contributed by atoms with van der Waals surface area (Å²) in [6.45, 7) is 3.61. The van der Waals surface area contributed by atoms with Gasteiger partial charge in [0.25, 0.3) is 0 Å². The third-order valence-corrected chi connectivity index (χ3v) is 2.48. The minimum Gasteiger partial charge on any atom is -0.452 e. The van der Waals surface area contributed by atoms with Crippen LogP contribution in [0.1, 0.15) is 12.7 Å². The molecule has 1 N–H and O–H groups in total. The predicted octanol–water partition coefficient (Wildman–Crippen LogP) is 2.87. The van der Waals surface area contributed by atoms with Crippen molar-refractivity contribution in [1.29, 1.82) is 0 Å². The van der Waals surface area contributed by atoms with Crippen molar-refractivity contribution >= 4 is 21.6 Å². The van der Waals surface area contributed by atoms with E-state index in [0.29, 0.717) is 6.54 Å². The van der Waals surface area contributed by atoms with Crippen molar-refractivity contribution in [2.75, 3.05) is 5.32 Å². The Morgan fingerprint density at radius 3 is 3.00 bits per heavy atom. The number of hydrogen-bond acceptors (Lipinski definition) is 3. The van der Waals surface area contributed by atoms with Crippen LogP contribution in [-0.4, -0.2) is 9.78 Å². The molecule has 0 spiro atoms. The van der Waals surface area contributed by atoms with Gasteiger partial charge in [0.05, 0.1) is 18.4 Å². The Morgan fingerprint density at radius 2 is 2.40 bits per heavy atom. The van der Waals surface area contributed by atoms with E-state index in [2.05, 4.69) is 33.3 Å². The van der Waals surface area contributed by atoms with E-state index >= 15 is 0 Å². The lowest BCUT2D eigenvalue weighted by molar-refractivity contribution is 0.495. The van der Waals surface area contributed by atoms with Crippen LogP contribution in [0.15, 0.2) is 33.6 Å². The van der Waals surface area contributed by atoms with Gasteiger partial charge in [-0.3, -0.25) is 4.68 Å². The molecule has 80 valence electrons. The zero-order valence-electron chi connectivity index (χ0n) is 8.40. The summed E-state index contributed by atoms with van der Waals surface area (Å²) in [5, 5.41) is 7.40. The van der Waals surface area contributed by atoms with Gasteiger partial charge in [-0.05, 0) is 35.0 Å². The van der Waals surface area contributed by atoms with Crippen molar-refractivity contribution in [3.8, 4) is 0 Å². The number of anilines is 1. The molecule has 0 bridgehead atoms. The van der Waals surface area contributed by atoms with Crippen molar-refractivity contribution < 1.29 is 4.42 Å². The zero-order chi connectivity index (χ0) is 10.7. The van der Waals surface area contributed by atoms with E-state index in [-0.39, 0.29) is 0 Å². The van der Waals surface area contributed by atoms with Gasteiger partial charge < -0.3 is 9.73 Å². The second-order valence-corrected chi connectivity index (χ2v) is 3.93. The molecule has 0 unspecified atom stereocenters. The second kappa shape index (κ2) is 4.53. The number of rotatable bonds is 4. The maximum atomic E-state index is 5.37. The van der Waals surface area contributed by atoms with Crippen molar-refractivity contribution in [1.82, 2.24) is 9.78 Å². The van der Waals surface area contributed by atoms with Gasteiger partial charge in [-0.2, -0.15) is 5.10 Å².